The predicted octanol–water partition coefficient (Wildman–Crippen LogP) is 3.19. The molecule has 3 nitrogen and oxygen atoms in total. The molecule has 1 atom stereocenters. The molecule has 0 bridgehead atoms. The van der Waals surface area contributed by atoms with Crippen molar-refractivity contribution >= 4 is 17.0 Å². The second kappa shape index (κ2) is 4.77. The third-order valence-electron chi connectivity index (χ3n) is 2.36. The van der Waals surface area contributed by atoms with Crippen molar-refractivity contribution in [3.8, 4) is 6.07 Å². The molecule has 2 aromatic rings. The molecule has 2 aromatic heterocycles. The van der Waals surface area contributed by atoms with Gasteiger partial charge in [0.15, 0.2) is 0 Å². The van der Waals surface area contributed by atoms with Crippen molar-refractivity contribution in [3.05, 3.63) is 46.4 Å². The van der Waals surface area contributed by atoms with Crippen LogP contribution in [0.5, 0.6) is 0 Å². The fraction of sp³-hybridized carbons (Fsp3) is 0.167. The van der Waals surface area contributed by atoms with Gasteiger partial charge in [-0.2, -0.15) is 16.6 Å². The van der Waals surface area contributed by atoms with Crippen molar-refractivity contribution in [2.75, 3.05) is 5.32 Å². The Labute approximate surface area is 98.4 Å². The summed E-state index contributed by atoms with van der Waals surface area (Å²) in [7, 11) is 0. The van der Waals surface area contributed by atoms with Crippen LogP contribution in [-0.4, -0.2) is 4.98 Å². The molecule has 0 aliphatic heterocycles. The SMILES string of the molecule is CC(Nc1cnccc1C#N)c1ccsc1. The minimum atomic E-state index is 0.183. The number of hydrogen-bond donors (Lipinski definition) is 1. The molecule has 2 rings (SSSR count). The topological polar surface area (TPSA) is 48.7 Å². The largest absolute Gasteiger partial charge is 0.376 e. The molecule has 0 amide bonds. The van der Waals surface area contributed by atoms with Gasteiger partial charge in [-0.1, -0.05) is 0 Å². The van der Waals surface area contributed by atoms with Crippen LogP contribution in [0.25, 0.3) is 0 Å². The molecule has 2 heterocycles. The van der Waals surface area contributed by atoms with E-state index in [2.05, 4.69) is 34.7 Å². The van der Waals surface area contributed by atoms with E-state index in [9.17, 15) is 0 Å². The van der Waals surface area contributed by atoms with E-state index in [4.69, 9.17) is 5.26 Å². The maximum absolute atomic E-state index is 8.95. The highest BCUT2D eigenvalue weighted by Crippen LogP contribution is 2.22. The molecule has 4 heteroatoms. The van der Waals surface area contributed by atoms with Gasteiger partial charge in [0, 0.05) is 12.2 Å². The summed E-state index contributed by atoms with van der Waals surface area (Å²) in [4.78, 5) is 4.02. The Morgan fingerprint density at radius 2 is 2.38 bits per heavy atom. The van der Waals surface area contributed by atoms with Crippen LogP contribution in [0, 0.1) is 11.3 Å². The number of nitrogens with one attached hydrogen (secondary N) is 1. The van der Waals surface area contributed by atoms with Gasteiger partial charge in [-0.15, -0.1) is 0 Å². The number of rotatable bonds is 3. The third kappa shape index (κ3) is 2.20. The number of nitrogens with zero attached hydrogens (tertiary/aromatic N) is 2. The van der Waals surface area contributed by atoms with Crippen LogP contribution in [0.4, 0.5) is 5.69 Å². The lowest BCUT2D eigenvalue weighted by Crippen LogP contribution is -2.07. The predicted molar refractivity (Wildman–Crippen MR) is 65.3 cm³/mol. The first kappa shape index (κ1) is 10.7. The zero-order chi connectivity index (χ0) is 11.4. The molecule has 0 spiro atoms. The Morgan fingerprint density at radius 1 is 1.50 bits per heavy atom. The van der Waals surface area contributed by atoms with Gasteiger partial charge in [-0.25, -0.2) is 0 Å². The minimum Gasteiger partial charge on any atom is -0.376 e. The van der Waals surface area contributed by atoms with Gasteiger partial charge in [0.2, 0.25) is 0 Å². The number of thiophene rings is 1. The van der Waals surface area contributed by atoms with Gasteiger partial charge in [0.1, 0.15) is 6.07 Å². The second-order valence-corrected chi connectivity index (χ2v) is 4.24. The molecule has 80 valence electrons. The summed E-state index contributed by atoms with van der Waals surface area (Å²) in [6.45, 7) is 2.07. The van der Waals surface area contributed by atoms with Crippen molar-refractivity contribution in [3.63, 3.8) is 0 Å². The molecular formula is C12H11N3S. The lowest BCUT2D eigenvalue weighted by atomic mass is 10.1. The quantitative estimate of drug-likeness (QED) is 0.879. The summed E-state index contributed by atoms with van der Waals surface area (Å²) in [5, 5.41) is 16.4. The lowest BCUT2D eigenvalue weighted by Gasteiger charge is -2.14. The normalized spacial score (nSPS) is 11.8. The van der Waals surface area contributed by atoms with Gasteiger partial charge < -0.3 is 5.32 Å². The van der Waals surface area contributed by atoms with Crippen molar-refractivity contribution in [1.29, 1.82) is 5.26 Å². The second-order valence-electron chi connectivity index (χ2n) is 3.46. The van der Waals surface area contributed by atoms with E-state index in [1.165, 1.54) is 5.56 Å². The average Bonchev–Trinajstić information content (AvgIpc) is 2.83. The van der Waals surface area contributed by atoms with E-state index < -0.39 is 0 Å². The van der Waals surface area contributed by atoms with E-state index in [-0.39, 0.29) is 6.04 Å². The molecule has 16 heavy (non-hydrogen) atoms. The first-order valence-corrected chi connectivity index (χ1v) is 5.88. The average molecular weight is 229 g/mol. The molecule has 0 radical (unpaired) electrons. The molecular weight excluding hydrogens is 218 g/mol. The summed E-state index contributed by atoms with van der Waals surface area (Å²) >= 11 is 1.67. The smallest absolute Gasteiger partial charge is 0.101 e. The molecule has 0 aromatic carbocycles. The molecule has 0 fully saturated rings. The first-order chi connectivity index (χ1) is 7.81. The van der Waals surface area contributed by atoms with Gasteiger partial charge in [0.05, 0.1) is 17.4 Å². The monoisotopic (exact) mass is 229 g/mol. The zero-order valence-electron chi connectivity index (χ0n) is 8.84. The van der Waals surface area contributed by atoms with Crippen LogP contribution in [0.15, 0.2) is 35.3 Å². The van der Waals surface area contributed by atoms with Crippen LogP contribution < -0.4 is 5.32 Å². The van der Waals surface area contributed by atoms with Gasteiger partial charge in [-0.3, -0.25) is 4.98 Å². The van der Waals surface area contributed by atoms with E-state index in [1.54, 1.807) is 29.8 Å². The van der Waals surface area contributed by atoms with Crippen molar-refractivity contribution in [2.45, 2.75) is 13.0 Å². The number of aromatic nitrogens is 1. The Kier molecular flexibility index (Phi) is 3.18. The van der Waals surface area contributed by atoms with Crippen molar-refractivity contribution in [2.24, 2.45) is 0 Å². The molecule has 1 N–H and O–H groups in total. The van der Waals surface area contributed by atoms with Crippen LogP contribution in [0.2, 0.25) is 0 Å². The highest BCUT2D eigenvalue weighted by molar-refractivity contribution is 7.07. The Morgan fingerprint density at radius 3 is 3.06 bits per heavy atom. The fourth-order valence-electron chi connectivity index (χ4n) is 1.44. The molecule has 1 unspecified atom stereocenters. The number of pyridine rings is 1. The Hall–Kier alpha value is -1.86. The van der Waals surface area contributed by atoms with E-state index in [0.29, 0.717) is 5.56 Å². The molecule has 0 aliphatic rings. The number of nitriles is 1. The van der Waals surface area contributed by atoms with E-state index in [1.807, 2.05) is 5.38 Å². The van der Waals surface area contributed by atoms with Crippen molar-refractivity contribution in [1.82, 2.24) is 4.98 Å². The maximum atomic E-state index is 8.95. The Bertz CT molecular complexity index is 499. The van der Waals surface area contributed by atoms with Crippen LogP contribution in [-0.2, 0) is 0 Å². The summed E-state index contributed by atoms with van der Waals surface area (Å²) in [5.41, 5.74) is 2.62. The zero-order valence-corrected chi connectivity index (χ0v) is 9.66. The van der Waals surface area contributed by atoms with Crippen molar-refractivity contribution < 1.29 is 0 Å². The van der Waals surface area contributed by atoms with E-state index in [0.717, 1.165) is 5.69 Å². The molecule has 0 saturated carbocycles. The summed E-state index contributed by atoms with van der Waals surface area (Å²) in [6.07, 6.45) is 3.31. The number of anilines is 1. The Balaban J connectivity index is 2.19. The maximum Gasteiger partial charge on any atom is 0.101 e. The highest BCUT2D eigenvalue weighted by atomic mass is 32.1. The van der Waals surface area contributed by atoms with Gasteiger partial charge >= 0.3 is 0 Å². The fourth-order valence-corrected chi connectivity index (χ4v) is 2.20. The first-order valence-electron chi connectivity index (χ1n) is 4.94. The van der Waals surface area contributed by atoms with Crippen LogP contribution in [0.3, 0.4) is 0 Å². The van der Waals surface area contributed by atoms with Crippen LogP contribution in [0.1, 0.15) is 24.1 Å². The van der Waals surface area contributed by atoms with Crippen LogP contribution >= 0.6 is 11.3 Å². The third-order valence-corrected chi connectivity index (χ3v) is 3.06. The minimum absolute atomic E-state index is 0.183. The standard InChI is InChI=1S/C12H11N3S/c1-9(11-3-5-16-8-11)15-12-7-14-4-2-10(12)6-13/h2-5,7-9,15H,1H3. The summed E-state index contributed by atoms with van der Waals surface area (Å²) in [5.74, 6) is 0. The van der Waals surface area contributed by atoms with Gasteiger partial charge in [0.25, 0.3) is 0 Å². The molecule has 0 aliphatic carbocycles. The van der Waals surface area contributed by atoms with E-state index >= 15 is 0 Å². The highest BCUT2D eigenvalue weighted by Gasteiger charge is 2.08. The lowest BCUT2D eigenvalue weighted by molar-refractivity contribution is 0.887. The number of hydrogen-bond acceptors (Lipinski definition) is 4. The van der Waals surface area contributed by atoms with Gasteiger partial charge in [-0.05, 0) is 35.4 Å². The summed E-state index contributed by atoms with van der Waals surface area (Å²) in [6, 6.07) is 6.11. The molecule has 0 saturated heterocycles. The summed E-state index contributed by atoms with van der Waals surface area (Å²) < 4.78 is 0.